The Morgan fingerprint density at radius 3 is 1.79 bits per heavy atom. The Morgan fingerprint density at radius 2 is 1.08 bits per heavy atom. The van der Waals surface area contributed by atoms with Crippen LogP contribution >= 0.6 is 0 Å². The molecule has 0 spiro atoms. The predicted molar refractivity (Wildman–Crippen MR) is 198 cm³/mol. The Hall–Kier alpha value is -6.70. The van der Waals surface area contributed by atoms with Crippen molar-refractivity contribution in [2.24, 2.45) is 0 Å². The summed E-state index contributed by atoms with van der Waals surface area (Å²) in [5, 5.41) is 18.6. The Morgan fingerprint density at radius 1 is 0.479 bits per heavy atom. The summed E-state index contributed by atoms with van der Waals surface area (Å²) in [5.41, 5.74) is 8.85. The quantitative estimate of drug-likeness (QED) is 0.200. The standard InChI is InChI=1S/C44H26N4/c45-27-36-32-14-4-8-18-37(32)46-44(42(36)28-12-2-1-3-13-28)48-40-21-11-7-17-35(40)43-31-24-23-30(26-29(31)22-25-41(43)48)47-38-19-9-5-15-33(38)34-16-6-10-20-39(34)47/h1-26H. The third kappa shape index (κ3) is 3.67. The Balaban J connectivity index is 1.29. The Bertz CT molecular complexity index is 2900. The molecule has 0 unspecified atom stereocenters. The van der Waals surface area contributed by atoms with Crippen LogP contribution in [0.5, 0.6) is 0 Å². The summed E-state index contributed by atoms with van der Waals surface area (Å²) in [5.74, 6) is 0.754. The van der Waals surface area contributed by atoms with Crippen molar-refractivity contribution in [3.63, 3.8) is 0 Å². The molecule has 3 aromatic heterocycles. The third-order valence-electron chi connectivity index (χ3n) is 9.73. The van der Waals surface area contributed by atoms with Crippen molar-refractivity contribution in [3.8, 4) is 28.7 Å². The zero-order chi connectivity index (χ0) is 31.8. The average molecular weight is 611 g/mol. The van der Waals surface area contributed by atoms with Crippen LogP contribution in [0.1, 0.15) is 5.56 Å². The highest BCUT2D eigenvalue weighted by atomic mass is 15.1. The summed E-state index contributed by atoms with van der Waals surface area (Å²) in [7, 11) is 0. The van der Waals surface area contributed by atoms with E-state index in [-0.39, 0.29) is 0 Å². The third-order valence-corrected chi connectivity index (χ3v) is 9.73. The highest BCUT2D eigenvalue weighted by molar-refractivity contribution is 6.22. The first-order chi connectivity index (χ1) is 23.8. The summed E-state index contributed by atoms with van der Waals surface area (Å²) in [6.45, 7) is 0. The van der Waals surface area contributed by atoms with Crippen LogP contribution in [0.15, 0.2) is 158 Å². The summed E-state index contributed by atoms with van der Waals surface area (Å²) in [6, 6.07) is 57.7. The first-order valence-corrected chi connectivity index (χ1v) is 16.1. The SMILES string of the molecule is N#Cc1c(-c2ccccc2)c(-n2c3ccccc3c3c4ccc(-n5c6ccccc6c6ccccc65)cc4ccc32)nc2ccccc12. The first kappa shape index (κ1) is 26.5. The van der Waals surface area contributed by atoms with E-state index in [4.69, 9.17) is 4.98 Å². The number of fused-ring (bicyclic) bond motifs is 9. The van der Waals surface area contributed by atoms with E-state index in [1.165, 1.54) is 32.6 Å². The maximum absolute atomic E-state index is 10.6. The number of hydrogen-bond acceptors (Lipinski definition) is 2. The van der Waals surface area contributed by atoms with Crippen LogP contribution in [0.2, 0.25) is 0 Å². The number of nitrogens with zero attached hydrogens (tertiary/aromatic N) is 4. The van der Waals surface area contributed by atoms with E-state index in [0.29, 0.717) is 5.56 Å². The second-order valence-corrected chi connectivity index (χ2v) is 12.3. The molecule has 0 saturated heterocycles. The van der Waals surface area contributed by atoms with Crippen molar-refractivity contribution in [1.82, 2.24) is 14.1 Å². The van der Waals surface area contributed by atoms with E-state index in [1.54, 1.807) is 0 Å². The molecule has 0 aliphatic carbocycles. The molecule has 0 N–H and O–H groups in total. The van der Waals surface area contributed by atoms with Crippen molar-refractivity contribution in [2.45, 2.75) is 0 Å². The molecule has 0 fully saturated rings. The molecule has 48 heavy (non-hydrogen) atoms. The van der Waals surface area contributed by atoms with Crippen molar-refractivity contribution in [1.29, 1.82) is 5.26 Å². The first-order valence-electron chi connectivity index (χ1n) is 16.1. The van der Waals surface area contributed by atoms with Gasteiger partial charge in [-0.3, -0.25) is 4.57 Å². The highest BCUT2D eigenvalue weighted by Crippen LogP contribution is 2.42. The smallest absolute Gasteiger partial charge is 0.147 e. The van der Waals surface area contributed by atoms with E-state index in [1.807, 2.05) is 42.5 Å². The fourth-order valence-electron chi connectivity index (χ4n) is 7.71. The lowest BCUT2D eigenvalue weighted by Crippen LogP contribution is -2.04. The van der Waals surface area contributed by atoms with Gasteiger partial charge >= 0.3 is 0 Å². The molecule has 0 bridgehead atoms. The van der Waals surface area contributed by atoms with Gasteiger partial charge in [-0.25, -0.2) is 4.98 Å². The van der Waals surface area contributed by atoms with Gasteiger partial charge in [0.05, 0.1) is 33.1 Å². The monoisotopic (exact) mass is 610 g/mol. The van der Waals surface area contributed by atoms with E-state index in [0.717, 1.165) is 55.3 Å². The Kier molecular flexibility index (Phi) is 5.61. The molecule has 0 amide bonds. The molecule has 0 atom stereocenters. The van der Waals surface area contributed by atoms with Gasteiger partial charge in [0.25, 0.3) is 0 Å². The number of aromatic nitrogens is 3. The lowest BCUT2D eigenvalue weighted by Gasteiger charge is -2.16. The van der Waals surface area contributed by atoms with Crippen LogP contribution in [-0.4, -0.2) is 14.1 Å². The molecule has 0 radical (unpaired) electrons. The molecular weight excluding hydrogens is 585 g/mol. The number of pyridine rings is 1. The predicted octanol–water partition coefficient (Wildman–Crippen LogP) is 11.1. The molecule has 3 heterocycles. The van der Waals surface area contributed by atoms with Crippen molar-refractivity contribution in [2.75, 3.05) is 0 Å². The molecule has 0 aliphatic heterocycles. The van der Waals surface area contributed by atoms with Gasteiger partial charge in [0.2, 0.25) is 0 Å². The molecule has 4 heteroatoms. The summed E-state index contributed by atoms with van der Waals surface area (Å²) in [6.07, 6.45) is 0. The average Bonchev–Trinajstić information content (AvgIpc) is 3.67. The lowest BCUT2D eigenvalue weighted by molar-refractivity contribution is 1.10. The van der Waals surface area contributed by atoms with Crippen LogP contribution in [-0.2, 0) is 0 Å². The van der Waals surface area contributed by atoms with Gasteiger partial charge in [-0.2, -0.15) is 5.26 Å². The maximum Gasteiger partial charge on any atom is 0.147 e. The second-order valence-electron chi connectivity index (χ2n) is 12.3. The minimum atomic E-state index is 0.629. The normalized spacial score (nSPS) is 11.7. The van der Waals surface area contributed by atoms with Crippen LogP contribution < -0.4 is 0 Å². The van der Waals surface area contributed by atoms with Crippen LogP contribution in [0.3, 0.4) is 0 Å². The van der Waals surface area contributed by atoms with Gasteiger partial charge in [0.1, 0.15) is 11.9 Å². The molecular formula is C44H26N4. The molecule has 4 nitrogen and oxygen atoms in total. The topological polar surface area (TPSA) is 46.5 Å². The number of para-hydroxylation sites is 4. The van der Waals surface area contributed by atoms with Crippen molar-refractivity contribution in [3.05, 3.63) is 163 Å². The Labute approximate surface area is 276 Å². The summed E-state index contributed by atoms with van der Waals surface area (Å²) < 4.78 is 4.62. The highest BCUT2D eigenvalue weighted by Gasteiger charge is 2.23. The van der Waals surface area contributed by atoms with Crippen molar-refractivity contribution < 1.29 is 0 Å². The van der Waals surface area contributed by atoms with Crippen LogP contribution in [0, 0.1) is 11.3 Å². The zero-order valence-corrected chi connectivity index (χ0v) is 25.8. The number of rotatable bonds is 3. The van der Waals surface area contributed by atoms with Crippen LogP contribution in [0.4, 0.5) is 0 Å². The van der Waals surface area contributed by atoms with Gasteiger partial charge in [-0.1, -0.05) is 115 Å². The summed E-state index contributed by atoms with van der Waals surface area (Å²) >= 11 is 0. The van der Waals surface area contributed by atoms with Gasteiger partial charge in [-0.15, -0.1) is 0 Å². The maximum atomic E-state index is 10.6. The molecule has 0 saturated carbocycles. The lowest BCUT2D eigenvalue weighted by atomic mass is 9.97. The minimum absolute atomic E-state index is 0.629. The molecule has 10 aromatic rings. The van der Waals surface area contributed by atoms with Gasteiger partial charge < -0.3 is 4.57 Å². The van der Waals surface area contributed by atoms with E-state index in [2.05, 4.69) is 130 Å². The van der Waals surface area contributed by atoms with Gasteiger partial charge in [-0.05, 0) is 58.8 Å². The number of hydrogen-bond donors (Lipinski definition) is 0. The zero-order valence-electron chi connectivity index (χ0n) is 25.8. The van der Waals surface area contributed by atoms with Crippen molar-refractivity contribution >= 4 is 65.3 Å². The van der Waals surface area contributed by atoms with Gasteiger partial charge in [0, 0.05) is 38.2 Å². The molecule has 222 valence electrons. The molecule has 7 aromatic carbocycles. The van der Waals surface area contributed by atoms with Gasteiger partial charge in [0.15, 0.2) is 0 Å². The largest absolute Gasteiger partial charge is 0.309 e. The van der Waals surface area contributed by atoms with E-state index < -0.39 is 0 Å². The number of benzene rings is 7. The van der Waals surface area contributed by atoms with E-state index in [9.17, 15) is 5.26 Å². The fraction of sp³-hybridized carbons (Fsp3) is 0. The second kappa shape index (κ2) is 10.2. The van der Waals surface area contributed by atoms with Crippen LogP contribution in [0.25, 0.3) is 87.9 Å². The van der Waals surface area contributed by atoms with E-state index >= 15 is 0 Å². The minimum Gasteiger partial charge on any atom is -0.309 e. The fourth-order valence-corrected chi connectivity index (χ4v) is 7.71. The number of nitriles is 1. The molecule has 10 rings (SSSR count). The summed E-state index contributed by atoms with van der Waals surface area (Å²) in [4.78, 5) is 5.30. The molecule has 0 aliphatic rings.